The van der Waals surface area contributed by atoms with Gasteiger partial charge in [0.1, 0.15) is 4.90 Å². The molecule has 2 rings (SSSR count). The second-order valence-corrected chi connectivity index (χ2v) is 6.87. The number of piperazine rings is 1. The fraction of sp³-hybridized carbons (Fsp3) is 0.500. The van der Waals surface area contributed by atoms with Crippen LogP contribution in [0.25, 0.3) is 0 Å². The molecule has 0 aromatic heterocycles. The van der Waals surface area contributed by atoms with Crippen molar-refractivity contribution >= 4 is 34.0 Å². The van der Waals surface area contributed by atoms with Gasteiger partial charge in [-0.05, 0) is 31.5 Å². The highest BCUT2D eigenvalue weighted by molar-refractivity contribution is 7.89. The summed E-state index contributed by atoms with van der Waals surface area (Å²) in [6.07, 6.45) is 0. The van der Waals surface area contributed by atoms with E-state index in [1.54, 1.807) is 18.2 Å². The average Bonchev–Trinajstić information content (AvgIpc) is 2.28. The van der Waals surface area contributed by atoms with E-state index in [2.05, 4.69) is 5.32 Å². The van der Waals surface area contributed by atoms with Gasteiger partial charge >= 0.3 is 0 Å². The maximum Gasteiger partial charge on any atom is 0.244 e. The molecule has 0 amide bonds. The second kappa shape index (κ2) is 6.41. The summed E-state index contributed by atoms with van der Waals surface area (Å²) in [6.45, 7) is 5.60. The highest BCUT2D eigenvalue weighted by Gasteiger charge is 2.32. The molecule has 1 aliphatic rings. The zero-order valence-corrected chi connectivity index (χ0v) is 13.3. The number of aryl methyl sites for hydroxylation is 1. The van der Waals surface area contributed by atoms with E-state index in [0.717, 1.165) is 5.56 Å². The summed E-state index contributed by atoms with van der Waals surface area (Å²) in [6, 6.07) is 4.98. The molecule has 1 heterocycles. The van der Waals surface area contributed by atoms with E-state index in [1.807, 2.05) is 13.8 Å². The maximum absolute atomic E-state index is 12.5. The molecule has 0 radical (unpaired) electrons. The number of halogens is 2. The van der Waals surface area contributed by atoms with Crippen LogP contribution in [-0.2, 0) is 10.0 Å². The Balaban J connectivity index is 0.00000180. The second-order valence-electron chi connectivity index (χ2n) is 4.60. The number of hydrogen-bond acceptors (Lipinski definition) is 3. The Labute approximate surface area is 125 Å². The molecular formula is C12H18Cl2N2O2S. The summed E-state index contributed by atoms with van der Waals surface area (Å²) in [5.41, 5.74) is 0.951. The maximum atomic E-state index is 12.5. The Hall–Kier alpha value is -0.330. The highest BCUT2D eigenvalue weighted by atomic mass is 35.5. The predicted molar refractivity (Wildman–Crippen MR) is 79.7 cm³/mol. The molecule has 4 nitrogen and oxygen atoms in total. The van der Waals surface area contributed by atoms with Crippen LogP contribution in [0.4, 0.5) is 0 Å². The zero-order chi connectivity index (χ0) is 13.3. The van der Waals surface area contributed by atoms with Gasteiger partial charge in [-0.15, -0.1) is 12.4 Å². The lowest BCUT2D eigenvalue weighted by atomic mass is 10.2. The molecule has 108 valence electrons. The molecule has 19 heavy (non-hydrogen) atoms. The number of nitrogens with one attached hydrogen (secondary N) is 1. The molecule has 0 bridgehead atoms. The van der Waals surface area contributed by atoms with Crippen molar-refractivity contribution in [3.05, 3.63) is 28.8 Å². The van der Waals surface area contributed by atoms with Crippen LogP contribution >= 0.6 is 24.0 Å². The summed E-state index contributed by atoms with van der Waals surface area (Å²) < 4.78 is 26.6. The third kappa shape index (κ3) is 3.41. The van der Waals surface area contributed by atoms with Gasteiger partial charge in [0, 0.05) is 25.7 Å². The van der Waals surface area contributed by atoms with Gasteiger partial charge in [-0.2, -0.15) is 4.31 Å². The lowest BCUT2D eigenvalue weighted by Gasteiger charge is -2.33. The van der Waals surface area contributed by atoms with Crippen LogP contribution in [0.5, 0.6) is 0 Å². The Bertz CT molecular complexity index is 549. The fourth-order valence-corrected chi connectivity index (χ4v) is 4.33. The molecular weight excluding hydrogens is 307 g/mol. The minimum atomic E-state index is -3.50. The third-order valence-corrected chi connectivity index (χ3v) is 5.61. The van der Waals surface area contributed by atoms with Crippen molar-refractivity contribution in [2.45, 2.75) is 24.8 Å². The van der Waals surface area contributed by atoms with E-state index in [9.17, 15) is 8.42 Å². The molecule has 0 saturated carbocycles. The highest BCUT2D eigenvalue weighted by Crippen LogP contribution is 2.27. The lowest BCUT2D eigenvalue weighted by molar-refractivity contribution is 0.284. The Morgan fingerprint density at radius 2 is 2.11 bits per heavy atom. The molecule has 0 aliphatic carbocycles. The summed E-state index contributed by atoms with van der Waals surface area (Å²) in [5.74, 6) is 0. The summed E-state index contributed by atoms with van der Waals surface area (Å²) in [7, 11) is -3.50. The van der Waals surface area contributed by atoms with Crippen molar-refractivity contribution < 1.29 is 8.42 Å². The van der Waals surface area contributed by atoms with E-state index < -0.39 is 10.0 Å². The zero-order valence-electron chi connectivity index (χ0n) is 10.9. The van der Waals surface area contributed by atoms with Crippen molar-refractivity contribution in [1.82, 2.24) is 9.62 Å². The van der Waals surface area contributed by atoms with Gasteiger partial charge < -0.3 is 5.32 Å². The van der Waals surface area contributed by atoms with Crippen molar-refractivity contribution in [3.8, 4) is 0 Å². The first-order valence-corrected chi connectivity index (χ1v) is 7.73. The monoisotopic (exact) mass is 324 g/mol. The lowest BCUT2D eigenvalue weighted by Crippen LogP contribution is -2.52. The van der Waals surface area contributed by atoms with Crippen molar-refractivity contribution in [2.24, 2.45) is 0 Å². The first kappa shape index (κ1) is 16.7. The van der Waals surface area contributed by atoms with Gasteiger partial charge in [-0.1, -0.05) is 17.7 Å². The smallest absolute Gasteiger partial charge is 0.244 e. The molecule has 0 unspecified atom stereocenters. The van der Waals surface area contributed by atoms with E-state index in [4.69, 9.17) is 11.6 Å². The normalized spacial score (nSPS) is 20.9. The van der Waals surface area contributed by atoms with E-state index in [-0.39, 0.29) is 23.3 Å². The van der Waals surface area contributed by atoms with Gasteiger partial charge in [0.05, 0.1) is 5.02 Å². The molecule has 1 saturated heterocycles. The largest absolute Gasteiger partial charge is 0.314 e. The minimum Gasteiger partial charge on any atom is -0.314 e. The van der Waals surface area contributed by atoms with E-state index in [1.165, 1.54) is 4.31 Å². The summed E-state index contributed by atoms with van der Waals surface area (Å²) in [4.78, 5) is 0.198. The van der Waals surface area contributed by atoms with E-state index in [0.29, 0.717) is 24.7 Å². The molecule has 1 atom stereocenters. The van der Waals surface area contributed by atoms with Crippen LogP contribution < -0.4 is 5.32 Å². The SMILES string of the molecule is Cc1ccc(S(=O)(=O)N2CCNC[C@@H]2C)c(Cl)c1.Cl. The molecule has 0 spiro atoms. The van der Waals surface area contributed by atoms with Gasteiger partial charge in [0.25, 0.3) is 0 Å². The first-order valence-electron chi connectivity index (χ1n) is 5.91. The number of sulfonamides is 1. The standard InChI is InChI=1S/C12H17ClN2O2S.ClH/c1-9-3-4-12(11(13)7-9)18(16,17)15-6-5-14-8-10(15)2;/h3-4,7,10,14H,5-6,8H2,1-2H3;1H/t10-;/m0./s1. The average molecular weight is 325 g/mol. The number of rotatable bonds is 2. The molecule has 7 heteroatoms. The van der Waals surface area contributed by atoms with Gasteiger partial charge in [-0.3, -0.25) is 0 Å². The Morgan fingerprint density at radius 1 is 1.42 bits per heavy atom. The Kier molecular flexibility index (Phi) is 5.65. The quantitative estimate of drug-likeness (QED) is 0.905. The van der Waals surface area contributed by atoms with Crippen LogP contribution in [0, 0.1) is 6.92 Å². The number of nitrogens with zero attached hydrogens (tertiary/aromatic N) is 1. The van der Waals surface area contributed by atoms with Crippen molar-refractivity contribution in [2.75, 3.05) is 19.6 Å². The van der Waals surface area contributed by atoms with Crippen LogP contribution in [-0.4, -0.2) is 38.4 Å². The van der Waals surface area contributed by atoms with Crippen LogP contribution in [0.2, 0.25) is 5.02 Å². The van der Waals surface area contributed by atoms with Gasteiger partial charge in [0.2, 0.25) is 10.0 Å². The Morgan fingerprint density at radius 3 is 2.68 bits per heavy atom. The van der Waals surface area contributed by atoms with Crippen LogP contribution in [0.1, 0.15) is 12.5 Å². The number of hydrogen-bond donors (Lipinski definition) is 1. The van der Waals surface area contributed by atoms with Crippen molar-refractivity contribution in [3.63, 3.8) is 0 Å². The third-order valence-electron chi connectivity index (χ3n) is 3.11. The van der Waals surface area contributed by atoms with Gasteiger partial charge in [0.15, 0.2) is 0 Å². The van der Waals surface area contributed by atoms with Crippen molar-refractivity contribution in [1.29, 1.82) is 0 Å². The predicted octanol–water partition coefficient (Wildman–Crippen LogP) is 2.05. The minimum absolute atomic E-state index is 0. The summed E-state index contributed by atoms with van der Waals surface area (Å²) >= 11 is 6.06. The topological polar surface area (TPSA) is 49.4 Å². The molecule has 1 aromatic carbocycles. The molecule has 1 aliphatic heterocycles. The first-order chi connectivity index (χ1) is 8.43. The fourth-order valence-electron chi connectivity index (χ4n) is 2.12. The van der Waals surface area contributed by atoms with E-state index >= 15 is 0 Å². The number of benzene rings is 1. The molecule has 1 N–H and O–H groups in total. The summed E-state index contributed by atoms with van der Waals surface area (Å²) in [5, 5.41) is 3.47. The van der Waals surface area contributed by atoms with Gasteiger partial charge in [-0.25, -0.2) is 8.42 Å². The van der Waals surface area contributed by atoms with Crippen LogP contribution in [0.3, 0.4) is 0 Å². The van der Waals surface area contributed by atoms with Crippen LogP contribution in [0.15, 0.2) is 23.1 Å². The molecule has 1 aromatic rings. The molecule has 1 fully saturated rings.